The topological polar surface area (TPSA) is 99.9 Å². The van der Waals surface area contributed by atoms with Crippen molar-refractivity contribution in [2.24, 2.45) is 0 Å². The first-order valence-electron chi connectivity index (χ1n) is 9.26. The highest BCUT2D eigenvalue weighted by atomic mass is 16.6. The van der Waals surface area contributed by atoms with Crippen molar-refractivity contribution in [3.63, 3.8) is 0 Å². The molecule has 30 heavy (non-hydrogen) atoms. The molecule has 0 aliphatic heterocycles. The number of methoxy groups -OCH3 is 1. The molecule has 0 saturated carbocycles. The number of benzene rings is 2. The van der Waals surface area contributed by atoms with Gasteiger partial charge in [-0.1, -0.05) is 35.5 Å². The van der Waals surface area contributed by atoms with Crippen LogP contribution in [0.2, 0.25) is 0 Å². The summed E-state index contributed by atoms with van der Waals surface area (Å²) < 4.78 is 21.2. The number of carbonyl (C=O) groups is 2. The number of anilines is 1. The molecular formula is C22H22N2O6. The largest absolute Gasteiger partial charge is 0.497 e. The van der Waals surface area contributed by atoms with Crippen molar-refractivity contribution in [2.45, 2.75) is 26.1 Å². The van der Waals surface area contributed by atoms with Crippen LogP contribution < -0.4 is 14.8 Å². The van der Waals surface area contributed by atoms with E-state index in [9.17, 15) is 9.59 Å². The first-order chi connectivity index (χ1) is 14.5. The van der Waals surface area contributed by atoms with E-state index in [4.69, 9.17) is 18.7 Å². The van der Waals surface area contributed by atoms with Crippen molar-refractivity contribution < 1.29 is 28.3 Å². The number of ether oxygens (including phenoxy) is 3. The van der Waals surface area contributed by atoms with Gasteiger partial charge in [0.15, 0.2) is 11.9 Å². The third-order valence-corrected chi connectivity index (χ3v) is 4.16. The van der Waals surface area contributed by atoms with E-state index < -0.39 is 24.1 Å². The van der Waals surface area contributed by atoms with Gasteiger partial charge in [0, 0.05) is 11.6 Å². The summed E-state index contributed by atoms with van der Waals surface area (Å²) in [6.45, 7) is 3.25. The van der Waals surface area contributed by atoms with Crippen LogP contribution in [0, 0.1) is 6.92 Å². The van der Waals surface area contributed by atoms with Crippen LogP contribution in [0.25, 0.3) is 0 Å². The van der Waals surface area contributed by atoms with Gasteiger partial charge in [-0.25, -0.2) is 4.79 Å². The zero-order valence-electron chi connectivity index (χ0n) is 16.8. The van der Waals surface area contributed by atoms with E-state index in [2.05, 4.69) is 10.5 Å². The van der Waals surface area contributed by atoms with Crippen LogP contribution in [-0.2, 0) is 14.3 Å². The maximum Gasteiger partial charge on any atom is 0.348 e. The highest BCUT2D eigenvalue weighted by Gasteiger charge is 2.29. The van der Waals surface area contributed by atoms with Crippen molar-refractivity contribution in [3.05, 3.63) is 72.0 Å². The van der Waals surface area contributed by atoms with Crippen LogP contribution >= 0.6 is 0 Å². The summed E-state index contributed by atoms with van der Waals surface area (Å²) in [6, 6.07) is 17.0. The van der Waals surface area contributed by atoms with Gasteiger partial charge in [-0.3, -0.25) is 4.79 Å². The van der Waals surface area contributed by atoms with E-state index in [1.54, 1.807) is 81.6 Å². The molecule has 0 radical (unpaired) electrons. The molecule has 0 spiro atoms. The minimum absolute atomic E-state index is 0.233. The monoisotopic (exact) mass is 410 g/mol. The highest BCUT2D eigenvalue weighted by Crippen LogP contribution is 2.23. The second-order valence-corrected chi connectivity index (χ2v) is 6.48. The minimum atomic E-state index is -1.18. The number of hydrogen-bond acceptors (Lipinski definition) is 7. The lowest BCUT2D eigenvalue weighted by atomic mass is 10.1. The summed E-state index contributed by atoms with van der Waals surface area (Å²) in [5, 5.41) is 6.33. The Morgan fingerprint density at radius 1 is 1.03 bits per heavy atom. The molecule has 156 valence electrons. The van der Waals surface area contributed by atoms with Crippen molar-refractivity contribution in [1.82, 2.24) is 5.16 Å². The van der Waals surface area contributed by atoms with Crippen molar-refractivity contribution >= 4 is 17.7 Å². The molecule has 0 bridgehead atoms. The number of nitrogens with one attached hydrogen (secondary N) is 1. The summed E-state index contributed by atoms with van der Waals surface area (Å²) in [7, 11) is 1.56. The van der Waals surface area contributed by atoms with Gasteiger partial charge < -0.3 is 24.1 Å². The van der Waals surface area contributed by atoms with E-state index >= 15 is 0 Å². The Balaban J connectivity index is 1.71. The number of nitrogens with zero attached hydrogens (tertiary/aromatic N) is 1. The van der Waals surface area contributed by atoms with Gasteiger partial charge in [0.2, 0.25) is 6.10 Å². The van der Waals surface area contributed by atoms with Crippen LogP contribution in [0.4, 0.5) is 5.82 Å². The average Bonchev–Trinajstić information content (AvgIpc) is 3.17. The number of esters is 1. The molecule has 0 fully saturated rings. The number of rotatable bonds is 8. The fourth-order valence-electron chi connectivity index (χ4n) is 2.64. The fraction of sp³-hybridized carbons (Fsp3) is 0.227. The van der Waals surface area contributed by atoms with Crippen molar-refractivity contribution in [1.29, 1.82) is 0 Å². The van der Waals surface area contributed by atoms with Crippen molar-refractivity contribution in [3.8, 4) is 11.5 Å². The molecule has 1 amide bonds. The van der Waals surface area contributed by atoms with Gasteiger partial charge >= 0.3 is 5.97 Å². The summed E-state index contributed by atoms with van der Waals surface area (Å²) in [5.41, 5.74) is 0.514. The summed E-state index contributed by atoms with van der Waals surface area (Å²) in [4.78, 5) is 25.4. The number of hydrogen-bond donors (Lipinski definition) is 1. The Bertz CT molecular complexity index is 984. The summed E-state index contributed by atoms with van der Waals surface area (Å²) in [5.74, 6) is 0.670. The number of aryl methyl sites for hydroxylation is 1. The molecule has 8 heteroatoms. The molecular weight excluding hydrogens is 388 g/mol. The average molecular weight is 410 g/mol. The van der Waals surface area contributed by atoms with Crippen molar-refractivity contribution in [2.75, 3.05) is 12.4 Å². The van der Waals surface area contributed by atoms with E-state index in [0.29, 0.717) is 22.8 Å². The van der Waals surface area contributed by atoms with Crippen LogP contribution in [0.15, 0.2) is 65.2 Å². The van der Waals surface area contributed by atoms with Gasteiger partial charge in [-0.15, -0.1) is 0 Å². The molecule has 1 N–H and O–H groups in total. The fourth-order valence-corrected chi connectivity index (χ4v) is 2.64. The lowest BCUT2D eigenvalue weighted by Gasteiger charge is -2.20. The maximum absolute atomic E-state index is 12.8. The normalized spacial score (nSPS) is 12.5. The molecule has 0 aliphatic carbocycles. The van der Waals surface area contributed by atoms with Gasteiger partial charge in [0.05, 0.1) is 7.11 Å². The molecule has 2 aromatic carbocycles. The van der Waals surface area contributed by atoms with Gasteiger partial charge in [0.1, 0.15) is 17.3 Å². The van der Waals surface area contributed by atoms with Gasteiger partial charge in [-0.05, 0) is 38.1 Å². The maximum atomic E-state index is 12.8. The van der Waals surface area contributed by atoms with E-state index in [0.717, 1.165) is 0 Å². The smallest absolute Gasteiger partial charge is 0.348 e. The first kappa shape index (κ1) is 20.9. The Kier molecular flexibility index (Phi) is 6.69. The van der Waals surface area contributed by atoms with Crippen LogP contribution in [0.5, 0.6) is 11.5 Å². The van der Waals surface area contributed by atoms with Gasteiger partial charge in [0.25, 0.3) is 5.91 Å². The molecule has 1 heterocycles. The molecule has 1 aromatic heterocycles. The number of aromatic nitrogens is 1. The molecule has 0 saturated heterocycles. The minimum Gasteiger partial charge on any atom is -0.497 e. The molecule has 8 nitrogen and oxygen atoms in total. The lowest BCUT2D eigenvalue weighted by Crippen LogP contribution is -2.32. The zero-order valence-corrected chi connectivity index (χ0v) is 16.8. The number of carbonyl (C=O) groups excluding carboxylic acids is 2. The van der Waals surface area contributed by atoms with Gasteiger partial charge in [-0.2, -0.15) is 0 Å². The zero-order chi connectivity index (χ0) is 21.5. The molecule has 3 aromatic rings. The van der Waals surface area contributed by atoms with Crippen LogP contribution in [-0.4, -0.2) is 30.2 Å². The molecule has 3 rings (SSSR count). The quantitative estimate of drug-likeness (QED) is 0.566. The Labute approximate surface area is 173 Å². The Morgan fingerprint density at radius 2 is 1.70 bits per heavy atom. The third kappa shape index (κ3) is 5.38. The predicted molar refractivity (Wildman–Crippen MR) is 108 cm³/mol. The molecule has 2 atom stereocenters. The van der Waals surface area contributed by atoms with E-state index in [-0.39, 0.29) is 5.82 Å². The highest BCUT2D eigenvalue weighted by molar-refractivity contribution is 5.95. The Hall–Kier alpha value is -3.81. The molecule has 0 unspecified atom stereocenters. The SMILES string of the molecule is COc1ccc(O[C@H](C)C(=O)O[C@H](C(=O)Nc2cc(C)on2)c2ccccc2)cc1. The molecule has 0 aliphatic rings. The Morgan fingerprint density at radius 3 is 2.30 bits per heavy atom. The first-order valence-corrected chi connectivity index (χ1v) is 9.26. The van der Waals surface area contributed by atoms with E-state index in [1.807, 2.05) is 0 Å². The van der Waals surface area contributed by atoms with E-state index in [1.165, 1.54) is 0 Å². The standard InChI is InChI=1S/C22H22N2O6/c1-14-13-19(24-30-14)23-21(25)20(16-7-5-4-6-8-16)29-22(26)15(2)28-18-11-9-17(27-3)10-12-18/h4-13,15,20H,1-3H3,(H,23,24,25)/t15-,20+/m1/s1. The third-order valence-electron chi connectivity index (χ3n) is 4.16. The van der Waals surface area contributed by atoms with Crippen LogP contribution in [0.3, 0.4) is 0 Å². The predicted octanol–water partition coefficient (Wildman–Crippen LogP) is 3.68. The lowest BCUT2D eigenvalue weighted by molar-refractivity contribution is -0.161. The van der Waals surface area contributed by atoms with Crippen LogP contribution in [0.1, 0.15) is 24.4 Å². The summed E-state index contributed by atoms with van der Waals surface area (Å²) >= 11 is 0. The summed E-state index contributed by atoms with van der Waals surface area (Å²) in [6.07, 6.45) is -2.12. The number of amides is 1. The second kappa shape index (κ2) is 9.60. The second-order valence-electron chi connectivity index (χ2n) is 6.48.